The van der Waals surface area contributed by atoms with Crippen LogP contribution < -0.4 is 10.1 Å². The number of aryl methyl sites for hydroxylation is 1. The molecule has 0 saturated carbocycles. The second-order valence-corrected chi connectivity index (χ2v) is 5.39. The Labute approximate surface area is 123 Å². The van der Waals surface area contributed by atoms with Crippen molar-refractivity contribution in [3.8, 4) is 5.75 Å². The van der Waals surface area contributed by atoms with Crippen LogP contribution in [-0.4, -0.2) is 12.5 Å². The van der Waals surface area contributed by atoms with Crippen LogP contribution in [0.3, 0.4) is 0 Å². The van der Waals surface area contributed by atoms with E-state index in [0.29, 0.717) is 12.2 Å². The number of ether oxygens (including phenoxy) is 1. The molecule has 0 aromatic heterocycles. The van der Waals surface area contributed by atoms with Gasteiger partial charge in [-0.15, -0.1) is 12.6 Å². The molecule has 0 spiro atoms. The molecule has 0 saturated heterocycles. The fourth-order valence-corrected chi connectivity index (χ4v) is 2.58. The Morgan fingerprint density at radius 1 is 1.30 bits per heavy atom. The maximum absolute atomic E-state index is 12.4. The van der Waals surface area contributed by atoms with Gasteiger partial charge in [0.1, 0.15) is 12.4 Å². The largest absolute Gasteiger partial charge is 0.491 e. The standard InChI is InChI=1S/C16H15NO2S/c1-10-6-7-11(20)8-13(10)16(18)17-14-9-19-15-5-3-2-4-12(14)15/h2-8,14,20H,9H2,1H3,(H,17,18). The maximum atomic E-state index is 12.4. The van der Waals surface area contributed by atoms with Gasteiger partial charge in [-0.05, 0) is 30.7 Å². The smallest absolute Gasteiger partial charge is 0.252 e. The number of nitrogens with one attached hydrogen (secondary N) is 1. The third kappa shape index (κ3) is 2.39. The van der Waals surface area contributed by atoms with Crippen molar-refractivity contribution in [2.45, 2.75) is 17.9 Å². The highest BCUT2D eigenvalue weighted by molar-refractivity contribution is 7.80. The SMILES string of the molecule is Cc1ccc(S)cc1C(=O)NC1COc2ccccc21. The Kier molecular flexibility index (Phi) is 3.40. The molecule has 1 N–H and O–H groups in total. The summed E-state index contributed by atoms with van der Waals surface area (Å²) in [6.07, 6.45) is 0. The topological polar surface area (TPSA) is 38.3 Å². The first-order chi connectivity index (χ1) is 9.65. The van der Waals surface area contributed by atoms with E-state index in [0.717, 1.165) is 21.8 Å². The average Bonchev–Trinajstić information content (AvgIpc) is 2.85. The Hall–Kier alpha value is -1.94. The molecule has 4 heteroatoms. The Bertz CT molecular complexity index is 669. The summed E-state index contributed by atoms with van der Waals surface area (Å²) < 4.78 is 5.57. The zero-order chi connectivity index (χ0) is 14.1. The summed E-state index contributed by atoms with van der Waals surface area (Å²) in [5.74, 6) is 0.751. The van der Waals surface area contributed by atoms with Gasteiger partial charge >= 0.3 is 0 Å². The highest BCUT2D eigenvalue weighted by Gasteiger charge is 2.25. The van der Waals surface area contributed by atoms with Crippen LogP contribution in [0, 0.1) is 6.92 Å². The van der Waals surface area contributed by atoms with Gasteiger partial charge in [0.05, 0.1) is 6.04 Å². The van der Waals surface area contributed by atoms with E-state index in [1.165, 1.54) is 0 Å². The van der Waals surface area contributed by atoms with Gasteiger partial charge in [0.25, 0.3) is 5.91 Å². The van der Waals surface area contributed by atoms with Gasteiger partial charge < -0.3 is 10.1 Å². The third-order valence-electron chi connectivity index (χ3n) is 3.47. The van der Waals surface area contributed by atoms with Gasteiger partial charge in [0, 0.05) is 16.0 Å². The lowest BCUT2D eigenvalue weighted by molar-refractivity contribution is 0.0929. The van der Waals surface area contributed by atoms with E-state index in [4.69, 9.17) is 4.74 Å². The molecule has 1 atom stereocenters. The molecule has 1 unspecified atom stereocenters. The van der Waals surface area contributed by atoms with Gasteiger partial charge in [0.15, 0.2) is 0 Å². The fourth-order valence-electron chi connectivity index (χ4n) is 2.37. The fraction of sp³-hybridized carbons (Fsp3) is 0.188. The van der Waals surface area contributed by atoms with Crippen molar-refractivity contribution in [3.05, 3.63) is 59.2 Å². The summed E-state index contributed by atoms with van der Waals surface area (Å²) in [4.78, 5) is 13.2. The molecule has 1 aliphatic rings. The third-order valence-corrected chi connectivity index (χ3v) is 3.75. The van der Waals surface area contributed by atoms with Crippen LogP contribution in [0.1, 0.15) is 27.5 Å². The molecule has 0 aliphatic carbocycles. The summed E-state index contributed by atoms with van der Waals surface area (Å²) in [5, 5.41) is 3.02. The number of thiol groups is 1. The van der Waals surface area contributed by atoms with Crippen molar-refractivity contribution >= 4 is 18.5 Å². The summed E-state index contributed by atoms with van der Waals surface area (Å²) >= 11 is 4.29. The molecular weight excluding hydrogens is 270 g/mol. The quantitative estimate of drug-likeness (QED) is 0.832. The van der Waals surface area contributed by atoms with Crippen molar-refractivity contribution in [1.82, 2.24) is 5.32 Å². The van der Waals surface area contributed by atoms with Crippen molar-refractivity contribution in [1.29, 1.82) is 0 Å². The van der Waals surface area contributed by atoms with Crippen LogP contribution in [0.25, 0.3) is 0 Å². The molecule has 3 nitrogen and oxygen atoms in total. The Balaban J connectivity index is 1.82. The number of benzene rings is 2. The lowest BCUT2D eigenvalue weighted by atomic mass is 10.1. The van der Waals surface area contributed by atoms with Gasteiger partial charge in [-0.3, -0.25) is 4.79 Å². The lowest BCUT2D eigenvalue weighted by Crippen LogP contribution is -2.29. The molecule has 0 fully saturated rings. The van der Waals surface area contributed by atoms with E-state index in [1.54, 1.807) is 6.07 Å². The van der Waals surface area contributed by atoms with Gasteiger partial charge in [-0.2, -0.15) is 0 Å². The Morgan fingerprint density at radius 3 is 2.95 bits per heavy atom. The number of hydrogen-bond donors (Lipinski definition) is 2. The molecule has 3 rings (SSSR count). The highest BCUT2D eigenvalue weighted by atomic mass is 32.1. The van der Waals surface area contributed by atoms with Crippen LogP contribution in [0.15, 0.2) is 47.4 Å². The van der Waals surface area contributed by atoms with E-state index in [2.05, 4.69) is 17.9 Å². The summed E-state index contributed by atoms with van der Waals surface area (Å²) in [6, 6.07) is 13.2. The van der Waals surface area contributed by atoms with Crippen LogP contribution >= 0.6 is 12.6 Å². The second kappa shape index (κ2) is 5.21. The van der Waals surface area contributed by atoms with E-state index in [1.807, 2.05) is 43.3 Å². The molecule has 1 aliphatic heterocycles. The normalized spacial score (nSPS) is 16.4. The minimum atomic E-state index is -0.0957. The number of carbonyl (C=O) groups is 1. The molecule has 1 amide bonds. The average molecular weight is 285 g/mol. The van der Waals surface area contributed by atoms with Crippen LogP contribution in [-0.2, 0) is 0 Å². The van der Waals surface area contributed by atoms with Crippen LogP contribution in [0.4, 0.5) is 0 Å². The minimum absolute atomic E-state index is 0.0938. The Morgan fingerprint density at radius 2 is 2.10 bits per heavy atom. The number of carbonyl (C=O) groups excluding carboxylic acids is 1. The first-order valence-electron chi connectivity index (χ1n) is 6.47. The number of para-hydroxylation sites is 1. The highest BCUT2D eigenvalue weighted by Crippen LogP contribution is 2.31. The van der Waals surface area contributed by atoms with Gasteiger partial charge in [-0.1, -0.05) is 24.3 Å². The molecule has 1 heterocycles. The van der Waals surface area contributed by atoms with E-state index < -0.39 is 0 Å². The zero-order valence-electron chi connectivity index (χ0n) is 11.1. The van der Waals surface area contributed by atoms with Gasteiger partial charge in [0.2, 0.25) is 0 Å². The second-order valence-electron chi connectivity index (χ2n) is 4.87. The van der Waals surface area contributed by atoms with Crippen LogP contribution in [0.5, 0.6) is 5.75 Å². The molecule has 2 aromatic carbocycles. The van der Waals surface area contributed by atoms with Crippen molar-refractivity contribution in [3.63, 3.8) is 0 Å². The number of fused-ring (bicyclic) bond motifs is 1. The van der Waals surface area contributed by atoms with Gasteiger partial charge in [-0.25, -0.2) is 0 Å². The monoisotopic (exact) mass is 285 g/mol. The first kappa shape index (κ1) is 13.1. The zero-order valence-corrected chi connectivity index (χ0v) is 12.0. The lowest BCUT2D eigenvalue weighted by Gasteiger charge is -2.13. The molecule has 0 radical (unpaired) electrons. The van der Waals surface area contributed by atoms with Crippen molar-refractivity contribution < 1.29 is 9.53 Å². The summed E-state index contributed by atoms with van der Waals surface area (Å²) in [5.41, 5.74) is 2.62. The number of amides is 1. The minimum Gasteiger partial charge on any atom is -0.491 e. The predicted octanol–water partition coefficient (Wildman–Crippen LogP) is 3.15. The number of hydrogen-bond acceptors (Lipinski definition) is 3. The van der Waals surface area contributed by atoms with Crippen molar-refractivity contribution in [2.75, 3.05) is 6.61 Å². The molecule has 102 valence electrons. The predicted molar refractivity (Wildman–Crippen MR) is 80.6 cm³/mol. The van der Waals surface area contributed by atoms with E-state index in [9.17, 15) is 4.79 Å². The summed E-state index contributed by atoms with van der Waals surface area (Å²) in [6.45, 7) is 2.39. The maximum Gasteiger partial charge on any atom is 0.252 e. The molecule has 0 bridgehead atoms. The van der Waals surface area contributed by atoms with E-state index >= 15 is 0 Å². The molecular formula is C16H15NO2S. The van der Waals surface area contributed by atoms with Crippen molar-refractivity contribution in [2.24, 2.45) is 0 Å². The van der Waals surface area contributed by atoms with Crippen LogP contribution in [0.2, 0.25) is 0 Å². The van der Waals surface area contributed by atoms with E-state index in [-0.39, 0.29) is 11.9 Å². The summed E-state index contributed by atoms with van der Waals surface area (Å²) in [7, 11) is 0. The number of rotatable bonds is 2. The molecule has 20 heavy (non-hydrogen) atoms. The first-order valence-corrected chi connectivity index (χ1v) is 6.92. The molecule has 2 aromatic rings.